The maximum Gasteiger partial charge on any atom is 0.411 e. The van der Waals surface area contributed by atoms with Gasteiger partial charge in [-0.25, -0.2) is 14.8 Å². The lowest BCUT2D eigenvalue weighted by atomic mass is 10.2. The van der Waals surface area contributed by atoms with E-state index >= 15 is 0 Å². The van der Waals surface area contributed by atoms with Crippen molar-refractivity contribution in [1.29, 1.82) is 5.26 Å². The molecule has 2 rings (SSSR count). The summed E-state index contributed by atoms with van der Waals surface area (Å²) in [6, 6.07) is 10.4. The number of carbonyl (C=O) groups excluding carboxylic acids is 1. The Morgan fingerprint density at radius 1 is 1.33 bits per heavy atom. The molecule has 0 unspecified atom stereocenters. The third-order valence-electron chi connectivity index (χ3n) is 2.33. The second-order valence-electron chi connectivity index (χ2n) is 3.83. The number of rotatable bonds is 5. The van der Waals surface area contributed by atoms with Crippen LogP contribution in [0.4, 0.5) is 10.5 Å². The second-order valence-corrected chi connectivity index (χ2v) is 4.90. The van der Waals surface area contributed by atoms with Crippen LogP contribution in [0.2, 0.25) is 0 Å². The zero-order chi connectivity index (χ0) is 14.9. The molecule has 0 aliphatic heterocycles. The Labute approximate surface area is 126 Å². The highest BCUT2D eigenvalue weighted by molar-refractivity contribution is 7.99. The van der Waals surface area contributed by atoms with Crippen LogP contribution in [0.25, 0.3) is 0 Å². The molecule has 0 fully saturated rings. The van der Waals surface area contributed by atoms with Gasteiger partial charge in [0.15, 0.2) is 5.16 Å². The molecule has 21 heavy (non-hydrogen) atoms. The average molecular weight is 300 g/mol. The average Bonchev–Trinajstić information content (AvgIpc) is 2.53. The van der Waals surface area contributed by atoms with Gasteiger partial charge in [0.05, 0.1) is 11.6 Å². The Balaban J connectivity index is 1.71. The Hall–Kier alpha value is -2.59. The fourth-order valence-corrected chi connectivity index (χ4v) is 2.07. The predicted octanol–water partition coefficient (Wildman–Crippen LogP) is 2.69. The predicted molar refractivity (Wildman–Crippen MR) is 78.9 cm³/mol. The Bertz CT molecular complexity index is 643. The Morgan fingerprint density at radius 2 is 2.14 bits per heavy atom. The third kappa shape index (κ3) is 5.12. The molecular formula is C14H12N4O2S. The number of nitrogens with one attached hydrogen (secondary N) is 1. The van der Waals surface area contributed by atoms with Gasteiger partial charge in [-0.15, -0.1) is 0 Å². The summed E-state index contributed by atoms with van der Waals surface area (Å²) in [5, 5.41) is 12.0. The van der Waals surface area contributed by atoms with Gasteiger partial charge in [-0.1, -0.05) is 17.8 Å². The van der Waals surface area contributed by atoms with E-state index in [0.29, 0.717) is 22.2 Å². The number of carbonyl (C=O) groups is 1. The lowest BCUT2D eigenvalue weighted by Crippen LogP contribution is -2.15. The molecule has 6 nitrogen and oxygen atoms in total. The van der Waals surface area contributed by atoms with Gasteiger partial charge < -0.3 is 4.74 Å². The van der Waals surface area contributed by atoms with Gasteiger partial charge in [-0.2, -0.15) is 5.26 Å². The van der Waals surface area contributed by atoms with Gasteiger partial charge in [-0.3, -0.25) is 5.32 Å². The zero-order valence-electron chi connectivity index (χ0n) is 11.0. The summed E-state index contributed by atoms with van der Waals surface area (Å²) >= 11 is 1.40. The van der Waals surface area contributed by atoms with Crippen LogP contribution in [0.15, 0.2) is 47.9 Å². The highest BCUT2D eigenvalue weighted by atomic mass is 32.2. The number of nitrogens with zero attached hydrogens (tertiary/aromatic N) is 3. The molecule has 0 aliphatic carbocycles. The number of nitriles is 1. The molecule has 0 aliphatic rings. The van der Waals surface area contributed by atoms with Crippen LogP contribution < -0.4 is 5.32 Å². The van der Waals surface area contributed by atoms with Gasteiger partial charge in [0, 0.05) is 23.8 Å². The first-order chi connectivity index (χ1) is 10.3. The number of thioether (sulfide) groups is 1. The van der Waals surface area contributed by atoms with E-state index in [4.69, 9.17) is 10.00 Å². The summed E-state index contributed by atoms with van der Waals surface area (Å²) in [6.07, 6.45) is 2.76. The van der Waals surface area contributed by atoms with Crippen molar-refractivity contribution in [3.8, 4) is 6.07 Å². The van der Waals surface area contributed by atoms with Crippen LogP contribution in [0.5, 0.6) is 0 Å². The molecule has 0 atom stereocenters. The minimum absolute atomic E-state index is 0.243. The summed E-state index contributed by atoms with van der Waals surface area (Å²) < 4.78 is 5.03. The molecule has 0 spiro atoms. The van der Waals surface area contributed by atoms with Crippen molar-refractivity contribution < 1.29 is 9.53 Å². The maximum atomic E-state index is 11.6. The quantitative estimate of drug-likeness (QED) is 0.519. The van der Waals surface area contributed by atoms with Crippen molar-refractivity contribution >= 4 is 23.5 Å². The zero-order valence-corrected chi connectivity index (χ0v) is 11.8. The highest BCUT2D eigenvalue weighted by Crippen LogP contribution is 2.12. The number of amides is 1. The molecule has 0 saturated carbocycles. The molecule has 106 valence electrons. The molecular weight excluding hydrogens is 288 g/mol. The molecule has 0 radical (unpaired) electrons. The van der Waals surface area contributed by atoms with E-state index in [9.17, 15) is 4.79 Å². The van der Waals surface area contributed by atoms with E-state index in [1.807, 2.05) is 6.07 Å². The summed E-state index contributed by atoms with van der Waals surface area (Å²) in [4.78, 5) is 19.7. The van der Waals surface area contributed by atoms with Crippen LogP contribution in [0, 0.1) is 11.3 Å². The number of hydrogen-bond donors (Lipinski definition) is 1. The molecule has 1 aromatic heterocycles. The van der Waals surface area contributed by atoms with Gasteiger partial charge in [0.2, 0.25) is 0 Å². The minimum Gasteiger partial charge on any atom is -0.448 e. The topological polar surface area (TPSA) is 87.9 Å². The number of ether oxygens (including phenoxy) is 1. The fourth-order valence-electron chi connectivity index (χ4n) is 1.45. The standard InChI is InChI=1S/C14H12N4O2S/c15-10-11-3-1-4-12(9-11)18-14(19)20-7-8-21-13-16-5-2-6-17-13/h1-6,9H,7-8H2,(H,18,19). The molecule has 7 heteroatoms. The first-order valence-electron chi connectivity index (χ1n) is 6.11. The lowest BCUT2D eigenvalue weighted by Gasteiger charge is -2.06. The highest BCUT2D eigenvalue weighted by Gasteiger charge is 2.04. The Kier molecular flexibility index (Phi) is 5.55. The molecule has 0 saturated heterocycles. The van der Waals surface area contributed by atoms with E-state index in [2.05, 4.69) is 15.3 Å². The monoisotopic (exact) mass is 300 g/mol. The van der Waals surface area contributed by atoms with E-state index in [1.165, 1.54) is 11.8 Å². The fraction of sp³-hybridized carbons (Fsp3) is 0.143. The van der Waals surface area contributed by atoms with Crippen molar-refractivity contribution in [2.75, 3.05) is 17.7 Å². The van der Waals surface area contributed by atoms with Gasteiger partial charge in [0.1, 0.15) is 6.61 Å². The summed E-state index contributed by atoms with van der Waals surface area (Å²) in [5.74, 6) is 0.565. The molecule has 0 bridgehead atoms. The van der Waals surface area contributed by atoms with Crippen molar-refractivity contribution in [2.24, 2.45) is 0 Å². The lowest BCUT2D eigenvalue weighted by molar-refractivity contribution is 0.169. The van der Waals surface area contributed by atoms with Crippen molar-refractivity contribution in [3.05, 3.63) is 48.3 Å². The van der Waals surface area contributed by atoms with Crippen LogP contribution in [0.3, 0.4) is 0 Å². The SMILES string of the molecule is N#Cc1cccc(NC(=O)OCCSc2ncccn2)c1. The normalized spacial score (nSPS) is 9.67. The van der Waals surface area contributed by atoms with Crippen LogP contribution in [-0.4, -0.2) is 28.4 Å². The molecule has 1 aromatic carbocycles. The first-order valence-corrected chi connectivity index (χ1v) is 7.10. The largest absolute Gasteiger partial charge is 0.448 e. The van der Waals surface area contributed by atoms with E-state index in [1.54, 1.807) is 42.7 Å². The van der Waals surface area contributed by atoms with E-state index in [-0.39, 0.29) is 6.61 Å². The number of benzene rings is 1. The molecule has 1 amide bonds. The maximum absolute atomic E-state index is 11.6. The molecule has 2 aromatic rings. The van der Waals surface area contributed by atoms with Crippen molar-refractivity contribution in [1.82, 2.24) is 9.97 Å². The van der Waals surface area contributed by atoms with Crippen molar-refractivity contribution in [2.45, 2.75) is 5.16 Å². The number of hydrogen-bond acceptors (Lipinski definition) is 6. The minimum atomic E-state index is -0.556. The van der Waals surface area contributed by atoms with E-state index in [0.717, 1.165) is 0 Å². The van der Waals surface area contributed by atoms with Crippen LogP contribution >= 0.6 is 11.8 Å². The summed E-state index contributed by atoms with van der Waals surface area (Å²) in [7, 11) is 0. The van der Waals surface area contributed by atoms with Crippen LogP contribution in [0.1, 0.15) is 5.56 Å². The number of anilines is 1. The Morgan fingerprint density at radius 3 is 2.90 bits per heavy atom. The van der Waals surface area contributed by atoms with Crippen LogP contribution in [-0.2, 0) is 4.74 Å². The van der Waals surface area contributed by atoms with Gasteiger partial charge in [0.25, 0.3) is 0 Å². The van der Waals surface area contributed by atoms with Gasteiger partial charge in [-0.05, 0) is 24.3 Å². The third-order valence-corrected chi connectivity index (χ3v) is 3.17. The number of aromatic nitrogens is 2. The van der Waals surface area contributed by atoms with Gasteiger partial charge >= 0.3 is 6.09 Å². The summed E-state index contributed by atoms with van der Waals surface area (Å²) in [6.45, 7) is 0.243. The first kappa shape index (κ1) is 14.8. The molecule has 1 N–H and O–H groups in total. The van der Waals surface area contributed by atoms with E-state index < -0.39 is 6.09 Å². The van der Waals surface area contributed by atoms with Crippen molar-refractivity contribution in [3.63, 3.8) is 0 Å². The summed E-state index contributed by atoms with van der Waals surface area (Å²) in [5.41, 5.74) is 1.00. The molecule has 1 heterocycles. The smallest absolute Gasteiger partial charge is 0.411 e. The second kappa shape index (κ2) is 7.87.